The lowest BCUT2D eigenvalue weighted by Gasteiger charge is -2.33. The van der Waals surface area contributed by atoms with Crippen molar-refractivity contribution in [3.05, 3.63) is 112 Å². The number of amides is 1. The van der Waals surface area contributed by atoms with Crippen molar-refractivity contribution in [3.63, 3.8) is 0 Å². The summed E-state index contributed by atoms with van der Waals surface area (Å²) < 4.78 is 44.5. The van der Waals surface area contributed by atoms with Crippen LogP contribution < -0.4 is 16.3 Å². The van der Waals surface area contributed by atoms with E-state index in [2.05, 4.69) is 30.6 Å². The fourth-order valence-corrected chi connectivity index (χ4v) is 8.88. The third-order valence-corrected chi connectivity index (χ3v) is 12.5. The first-order valence-electron chi connectivity index (χ1n) is 22.0. The average molecular weight is 876 g/mol. The van der Waals surface area contributed by atoms with E-state index in [1.165, 1.54) is 30.0 Å². The van der Waals surface area contributed by atoms with Crippen LogP contribution in [0.25, 0.3) is 28.2 Å². The molecule has 1 amide bonds. The van der Waals surface area contributed by atoms with E-state index in [4.69, 9.17) is 9.15 Å². The van der Waals surface area contributed by atoms with Crippen LogP contribution in [-0.2, 0) is 40.8 Å². The van der Waals surface area contributed by atoms with E-state index < -0.39 is 24.1 Å². The van der Waals surface area contributed by atoms with Crippen LogP contribution in [0.2, 0.25) is 0 Å². The van der Waals surface area contributed by atoms with Crippen molar-refractivity contribution >= 4 is 34.2 Å². The number of para-hydroxylation sites is 1. The molecule has 9 rings (SSSR count). The molecule has 64 heavy (non-hydrogen) atoms. The Morgan fingerprint density at radius 3 is 2.67 bits per heavy atom. The molecular weight excluding hydrogens is 825 g/mol. The van der Waals surface area contributed by atoms with Gasteiger partial charge in [-0.05, 0) is 86.0 Å². The van der Waals surface area contributed by atoms with Gasteiger partial charge in [-0.15, -0.1) is 0 Å². The highest BCUT2D eigenvalue weighted by Crippen LogP contribution is 2.34. The summed E-state index contributed by atoms with van der Waals surface area (Å²) in [5, 5.41) is 10.1. The standard InChI is InChI=1S/C47H51F2N9O6/c1-55-43-31(4-2-6-40(43)58(47(55)62)39-16-15-35(59)23-41(39)60)5-3-19-56-20-21-63-36(26-56)25-50-24-30-10-13-34(14-11-30)57-27-37(42(54-57)44(48)49)52-45(61)38-28-64-46(53-38)32-17-18-51-33(22-32)12-9-29-7-8-29/h2,4,6,10-11,13-14,17-18,22,27-29,36,39,44,50H,3,5,7-9,12,15-16,19-21,23-26H2,1H3,(H,52,61)/t36-,39?/m0/s1. The average Bonchev–Trinajstić information content (AvgIpc) is 3.70. The number of ketones is 2. The molecule has 2 atom stereocenters. The van der Waals surface area contributed by atoms with Crippen molar-refractivity contribution < 1.29 is 32.3 Å². The van der Waals surface area contributed by atoms with E-state index in [9.17, 15) is 28.0 Å². The molecule has 334 valence electrons. The number of alkyl halides is 2. The molecule has 2 saturated carbocycles. The quantitative estimate of drug-likeness (QED) is 0.0973. The number of nitrogens with zero attached hydrogens (tertiary/aromatic N) is 7. The van der Waals surface area contributed by atoms with Crippen molar-refractivity contribution in [2.24, 2.45) is 13.0 Å². The maximum Gasteiger partial charge on any atom is 0.329 e. The van der Waals surface area contributed by atoms with Gasteiger partial charge in [-0.2, -0.15) is 5.10 Å². The van der Waals surface area contributed by atoms with E-state index in [-0.39, 0.29) is 47.1 Å². The summed E-state index contributed by atoms with van der Waals surface area (Å²) in [5.74, 6) is 0.0466. The van der Waals surface area contributed by atoms with Crippen LogP contribution in [0.4, 0.5) is 14.5 Å². The van der Waals surface area contributed by atoms with Gasteiger partial charge in [0.15, 0.2) is 17.2 Å². The number of oxazole rings is 1. The number of hydrogen-bond donors (Lipinski definition) is 2. The van der Waals surface area contributed by atoms with E-state index in [0.717, 1.165) is 79.1 Å². The fourth-order valence-electron chi connectivity index (χ4n) is 8.88. The number of ether oxygens (including phenoxy) is 1. The first-order valence-corrected chi connectivity index (χ1v) is 22.0. The number of aromatic nitrogens is 6. The first kappa shape index (κ1) is 43.1. The Balaban J connectivity index is 0.752. The van der Waals surface area contributed by atoms with Gasteiger partial charge in [0.05, 0.1) is 53.8 Å². The molecule has 3 aliphatic rings. The lowest BCUT2D eigenvalue weighted by molar-refractivity contribution is -0.132. The minimum absolute atomic E-state index is 0.00868. The predicted octanol–water partition coefficient (Wildman–Crippen LogP) is 6.39. The molecular formula is C47H51F2N9O6. The molecule has 3 fully saturated rings. The SMILES string of the molecule is Cn1c(=O)n(C2CCC(=O)CC2=O)c2cccc(CCCN3CCO[C@@H](CNCc4ccc(-n5cc(NC(=O)c6coc(-c7ccnc(CCC8CC8)c7)n6)c(C(F)F)n5)cc4)C3)c21. The second kappa shape index (κ2) is 18.9. The maximum atomic E-state index is 14.1. The van der Waals surface area contributed by atoms with Gasteiger partial charge in [-0.1, -0.05) is 37.1 Å². The van der Waals surface area contributed by atoms with Crippen molar-refractivity contribution in [2.45, 2.75) is 82.9 Å². The Morgan fingerprint density at radius 1 is 1.03 bits per heavy atom. The minimum Gasteiger partial charge on any atom is -0.444 e. The third-order valence-electron chi connectivity index (χ3n) is 12.5. The van der Waals surface area contributed by atoms with Gasteiger partial charge in [-0.25, -0.2) is 23.2 Å². The fraction of sp³-hybridized carbons (Fsp3) is 0.426. The Morgan fingerprint density at radius 2 is 1.88 bits per heavy atom. The number of benzene rings is 2. The van der Waals surface area contributed by atoms with Gasteiger partial charge >= 0.3 is 5.69 Å². The normalized spacial score (nSPS) is 18.4. The smallest absolute Gasteiger partial charge is 0.329 e. The highest BCUT2D eigenvalue weighted by molar-refractivity contribution is 6.04. The maximum absolute atomic E-state index is 14.1. The number of Topliss-reactive ketones (excluding diaryl/α,β-unsaturated/α-hetero) is 2. The molecule has 2 aromatic carbocycles. The molecule has 17 heteroatoms. The molecule has 1 unspecified atom stereocenters. The predicted molar refractivity (Wildman–Crippen MR) is 234 cm³/mol. The van der Waals surface area contributed by atoms with Crippen LogP contribution in [0.15, 0.2) is 82.5 Å². The number of carbonyl (C=O) groups excluding carboxylic acids is 3. The molecule has 1 aliphatic heterocycles. The number of rotatable bonds is 17. The Bertz CT molecular complexity index is 2720. The Kier molecular flexibility index (Phi) is 12.7. The molecule has 0 bridgehead atoms. The van der Waals surface area contributed by atoms with Crippen molar-refractivity contribution in [1.82, 2.24) is 39.1 Å². The van der Waals surface area contributed by atoms with Crippen LogP contribution in [0, 0.1) is 5.92 Å². The lowest BCUT2D eigenvalue weighted by Crippen LogP contribution is -2.46. The summed E-state index contributed by atoms with van der Waals surface area (Å²) in [5.41, 5.74) is 4.77. The number of aryl methyl sites for hydroxylation is 3. The van der Waals surface area contributed by atoms with Crippen LogP contribution in [0.5, 0.6) is 0 Å². The van der Waals surface area contributed by atoms with Gasteiger partial charge in [-0.3, -0.25) is 33.4 Å². The van der Waals surface area contributed by atoms with E-state index in [1.807, 2.05) is 36.4 Å². The third kappa shape index (κ3) is 9.66. The largest absolute Gasteiger partial charge is 0.444 e. The number of nitrogens with one attached hydrogen (secondary N) is 2. The highest BCUT2D eigenvalue weighted by atomic mass is 19.3. The number of fused-ring (bicyclic) bond motifs is 1. The Labute approximate surface area is 367 Å². The summed E-state index contributed by atoms with van der Waals surface area (Å²) in [6.45, 7) is 4.26. The number of carbonyl (C=O) groups is 3. The second-order valence-corrected chi connectivity index (χ2v) is 17.1. The zero-order valence-electron chi connectivity index (χ0n) is 35.7. The minimum atomic E-state index is -2.93. The number of imidazole rings is 1. The summed E-state index contributed by atoms with van der Waals surface area (Å²) in [6, 6.07) is 16.2. The van der Waals surface area contributed by atoms with Gasteiger partial charge in [0.25, 0.3) is 12.3 Å². The van der Waals surface area contributed by atoms with Crippen molar-refractivity contribution in [1.29, 1.82) is 0 Å². The molecule has 2 aliphatic carbocycles. The summed E-state index contributed by atoms with van der Waals surface area (Å²) in [7, 11) is 1.74. The molecule has 1 saturated heterocycles. The number of morpholine rings is 1. The topological polar surface area (TPSA) is 171 Å². The number of anilines is 1. The van der Waals surface area contributed by atoms with Gasteiger partial charge in [0.2, 0.25) is 5.89 Å². The molecule has 5 heterocycles. The van der Waals surface area contributed by atoms with Crippen LogP contribution >= 0.6 is 0 Å². The lowest BCUT2D eigenvalue weighted by atomic mass is 9.92. The highest BCUT2D eigenvalue weighted by Gasteiger charge is 2.32. The van der Waals surface area contributed by atoms with Crippen molar-refractivity contribution in [3.8, 4) is 17.1 Å². The molecule has 0 radical (unpaired) electrons. The van der Waals surface area contributed by atoms with Gasteiger partial charge < -0.3 is 19.8 Å². The first-order chi connectivity index (χ1) is 31.1. The molecule has 2 N–H and O–H groups in total. The summed E-state index contributed by atoms with van der Waals surface area (Å²) in [4.78, 5) is 62.3. The second-order valence-electron chi connectivity index (χ2n) is 17.1. The summed E-state index contributed by atoms with van der Waals surface area (Å²) >= 11 is 0. The summed E-state index contributed by atoms with van der Waals surface area (Å²) in [6.07, 6.45) is 7.95. The zero-order valence-corrected chi connectivity index (χ0v) is 35.7. The monoisotopic (exact) mass is 875 g/mol. The van der Waals surface area contributed by atoms with E-state index in [0.29, 0.717) is 43.8 Å². The van der Waals surface area contributed by atoms with Gasteiger partial charge in [0, 0.05) is 57.1 Å². The van der Waals surface area contributed by atoms with Crippen LogP contribution in [-0.4, -0.2) is 90.1 Å². The van der Waals surface area contributed by atoms with Crippen molar-refractivity contribution in [2.75, 3.05) is 38.1 Å². The molecule has 0 spiro atoms. The molecule has 15 nitrogen and oxygen atoms in total. The Hall–Kier alpha value is -6.17. The number of halogens is 2. The molecule has 6 aromatic rings. The number of pyridine rings is 1. The van der Waals surface area contributed by atoms with E-state index >= 15 is 0 Å². The number of hydrogen-bond acceptors (Lipinski definition) is 11. The van der Waals surface area contributed by atoms with Crippen LogP contribution in [0.3, 0.4) is 0 Å². The van der Waals surface area contributed by atoms with Gasteiger partial charge in [0.1, 0.15) is 12.0 Å². The molecule has 4 aromatic heterocycles. The van der Waals surface area contributed by atoms with E-state index in [1.54, 1.807) is 40.6 Å². The zero-order chi connectivity index (χ0) is 44.3. The van der Waals surface area contributed by atoms with Crippen LogP contribution in [0.1, 0.15) is 90.4 Å².